The molecule has 6 nitrogen and oxygen atoms in total. The van der Waals surface area contributed by atoms with Gasteiger partial charge in [-0.05, 0) is 29.8 Å². The van der Waals surface area contributed by atoms with Crippen molar-refractivity contribution in [3.05, 3.63) is 63.9 Å². The van der Waals surface area contributed by atoms with Gasteiger partial charge in [-0.25, -0.2) is 9.97 Å². The molecular weight excluding hydrogens is 294 g/mol. The summed E-state index contributed by atoms with van der Waals surface area (Å²) in [6.07, 6.45) is 1.40. The second-order valence-electron chi connectivity index (χ2n) is 4.14. The van der Waals surface area contributed by atoms with Gasteiger partial charge in [0.1, 0.15) is 11.4 Å². The van der Waals surface area contributed by atoms with Crippen molar-refractivity contribution in [2.75, 3.05) is 5.32 Å². The van der Waals surface area contributed by atoms with Gasteiger partial charge in [-0.2, -0.15) is 0 Å². The van der Waals surface area contributed by atoms with Gasteiger partial charge in [0.05, 0.1) is 5.39 Å². The van der Waals surface area contributed by atoms with Crippen LogP contribution in [0.1, 0.15) is 10.6 Å². The van der Waals surface area contributed by atoms with Crippen molar-refractivity contribution in [1.29, 1.82) is 0 Å². The Bertz CT molecular complexity index is 892. The van der Waals surface area contributed by atoms with Crippen LogP contribution >= 0.6 is 11.6 Å². The Balaban J connectivity index is 1.96. The van der Waals surface area contributed by atoms with Crippen molar-refractivity contribution in [1.82, 2.24) is 9.97 Å². The molecule has 0 saturated carbocycles. The molecule has 7 heteroatoms. The van der Waals surface area contributed by atoms with Crippen LogP contribution in [-0.4, -0.2) is 15.9 Å². The van der Waals surface area contributed by atoms with Crippen molar-refractivity contribution < 1.29 is 9.21 Å². The molecule has 104 valence electrons. The summed E-state index contributed by atoms with van der Waals surface area (Å²) in [4.78, 5) is 31.5. The van der Waals surface area contributed by atoms with Crippen LogP contribution in [0, 0.1) is 0 Å². The number of para-hydroxylation sites is 1. The molecule has 1 amide bonds. The third-order valence-corrected chi connectivity index (χ3v) is 2.91. The molecule has 2 aromatic heterocycles. The summed E-state index contributed by atoms with van der Waals surface area (Å²) in [6, 6.07) is 9.31. The van der Waals surface area contributed by atoms with Crippen molar-refractivity contribution in [2.24, 2.45) is 0 Å². The quantitative estimate of drug-likeness (QED) is 0.735. The number of nitrogens with one attached hydrogen (secondary N) is 1. The average Bonchev–Trinajstić information content (AvgIpc) is 2.47. The molecule has 21 heavy (non-hydrogen) atoms. The number of carbonyl (C=O) groups is 1. The first-order valence-electron chi connectivity index (χ1n) is 5.96. The molecule has 1 N–H and O–H groups in total. The van der Waals surface area contributed by atoms with Crippen LogP contribution in [0.4, 0.5) is 5.82 Å². The first kappa shape index (κ1) is 13.3. The number of hydrogen-bond acceptors (Lipinski definition) is 5. The largest absolute Gasteiger partial charge is 0.451 e. The van der Waals surface area contributed by atoms with E-state index >= 15 is 0 Å². The second-order valence-corrected chi connectivity index (χ2v) is 4.47. The van der Waals surface area contributed by atoms with E-state index in [1.165, 1.54) is 12.3 Å². The number of fused-ring (bicyclic) bond motifs is 1. The van der Waals surface area contributed by atoms with Crippen molar-refractivity contribution >= 4 is 34.3 Å². The summed E-state index contributed by atoms with van der Waals surface area (Å²) in [6.45, 7) is 0. The normalized spacial score (nSPS) is 10.5. The van der Waals surface area contributed by atoms with Crippen LogP contribution < -0.4 is 10.7 Å². The van der Waals surface area contributed by atoms with E-state index in [0.29, 0.717) is 11.0 Å². The molecule has 0 fully saturated rings. The lowest BCUT2D eigenvalue weighted by atomic mass is 10.2. The van der Waals surface area contributed by atoms with E-state index in [9.17, 15) is 9.59 Å². The summed E-state index contributed by atoms with van der Waals surface area (Å²) in [5, 5.41) is 2.91. The van der Waals surface area contributed by atoms with Crippen LogP contribution in [0.2, 0.25) is 5.28 Å². The van der Waals surface area contributed by atoms with E-state index < -0.39 is 5.91 Å². The lowest BCUT2D eigenvalue weighted by Gasteiger charge is -2.04. The minimum absolute atomic E-state index is 0.00719. The smallest absolute Gasteiger partial charge is 0.292 e. The third-order valence-electron chi connectivity index (χ3n) is 2.73. The fourth-order valence-electron chi connectivity index (χ4n) is 1.80. The van der Waals surface area contributed by atoms with Gasteiger partial charge in [0.25, 0.3) is 5.91 Å². The fraction of sp³-hybridized carbons (Fsp3) is 0. The highest BCUT2D eigenvalue weighted by Crippen LogP contribution is 2.13. The van der Waals surface area contributed by atoms with Gasteiger partial charge in [-0.1, -0.05) is 12.1 Å². The molecule has 0 aliphatic rings. The van der Waals surface area contributed by atoms with Crippen LogP contribution in [-0.2, 0) is 0 Å². The van der Waals surface area contributed by atoms with Crippen molar-refractivity contribution in [2.45, 2.75) is 0 Å². The molecule has 0 aliphatic carbocycles. The number of carbonyl (C=O) groups excluding carboxylic acids is 1. The molecule has 2 heterocycles. The average molecular weight is 302 g/mol. The van der Waals surface area contributed by atoms with Gasteiger partial charge in [0, 0.05) is 12.3 Å². The van der Waals surface area contributed by atoms with Crippen LogP contribution in [0.3, 0.4) is 0 Å². The molecule has 0 spiro atoms. The second kappa shape index (κ2) is 5.34. The van der Waals surface area contributed by atoms with Crippen LogP contribution in [0.15, 0.2) is 51.8 Å². The molecular formula is C14H8ClN3O3. The summed E-state index contributed by atoms with van der Waals surface area (Å²) in [5.74, 6) is -0.475. The van der Waals surface area contributed by atoms with E-state index in [2.05, 4.69) is 15.3 Å². The Morgan fingerprint density at radius 1 is 1.24 bits per heavy atom. The van der Waals surface area contributed by atoms with E-state index in [-0.39, 0.29) is 22.3 Å². The summed E-state index contributed by atoms with van der Waals surface area (Å²) < 4.78 is 5.42. The zero-order valence-electron chi connectivity index (χ0n) is 10.5. The predicted molar refractivity (Wildman–Crippen MR) is 77.5 cm³/mol. The topological polar surface area (TPSA) is 85.1 Å². The van der Waals surface area contributed by atoms with E-state index in [0.717, 1.165) is 6.07 Å². The fourth-order valence-corrected chi connectivity index (χ4v) is 1.95. The number of rotatable bonds is 2. The van der Waals surface area contributed by atoms with Crippen LogP contribution in [0.25, 0.3) is 11.0 Å². The molecule has 0 saturated heterocycles. The summed E-state index contributed by atoms with van der Waals surface area (Å²) >= 11 is 5.63. The van der Waals surface area contributed by atoms with Gasteiger partial charge in [-0.15, -0.1) is 0 Å². The number of halogens is 1. The van der Waals surface area contributed by atoms with Crippen molar-refractivity contribution in [3.8, 4) is 0 Å². The third kappa shape index (κ3) is 2.75. The minimum atomic E-state index is -0.590. The SMILES string of the molecule is O=C(Nc1ccnc(Cl)n1)c1cc(=O)c2ccccc2o1. The predicted octanol–water partition coefficient (Wildman–Crippen LogP) is 2.49. The Hall–Kier alpha value is -2.73. The molecule has 3 rings (SSSR count). The highest BCUT2D eigenvalue weighted by molar-refractivity contribution is 6.28. The first-order valence-corrected chi connectivity index (χ1v) is 6.34. The first-order chi connectivity index (χ1) is 10.1. The van der Waals surface area contributed by atoms with Gasteiger partial charge in [0.15, 0.2) is 11.2 Å². The lowest BCUT2D eigenvalue weighted by Crippen LogP contribution is -2.15. The highest BCUT2D eigenvalue weighted by atomic mass is 35.5. The molecule has 0 bridgehead atoms. The van der Waals surface area contributed by atoms with E-state index in [1.807, 2.05) is 0 Å². The standard InChI is InChI=1S/C14H8ClN3O3/c15-14-16-6-5-12(18-14)17-13(20)11-7-9(19)8-3-1-2-4-10(8)21-11/h1-7H,(H,16,17,18,20). The summed E-state index contributed by atoms with van der Waals surface area (Å²) in [7, 11) is 0. The monoisotopic (exact) mass is 301 g/mol. The Labute approximate surface area is 123 Å². The maximum atomic E-state index is 12.1. The van der Waals surface area contributed by atoms with Gasteiger partial charge < -0.3 is 9.73 Å². The van der Waals surface area contributed by atoms with E-state index in [4.69, 9.17) is 16.0 Å². The lowest BCUT2D eigenvalue weighted by molar-refractivity contribution is 0.0997. The molecule has 0 atom stereocenters. The molecule has 3 aromatic rings. The Morgan fingerprint density at radius 3 is 2.86 bits per heavy atom. The molecule has 1 aromatic carbocycles. The minimum Gasteiger partial charge on any atom is -0.451 e. The number of anilines is 1. The van der Waals surface area contributed by atoms with Crippen molar-refractivity contribution in [3.63, 3.8) is 0 Å². The zero-order chi connectivity index (χ0) is 14.8. The molecule has 0 unspecified atom stereocenters. The number of aromatic nitrogens is 2. The van der Waals surface area contributed by atoms with Gasteiger partial charge in [0.2, 0.25) is 5.28 Å². The Morgan fingerprint density at radius 2 is 2.05 bits per heavy atom. The maximum absolute atomic E-state index is 12.1. The highest BCUT2D eigenvalue weighted by Gasteiger charge is 2.13. The van der Waals surface area contributed by atoms with Gasteiger partial charge in [-0.3, -0.25) is 9.59 Å². The zero-order valence-corrected chi connectivity index (χ0v) is 11.3. The maximum Gasteiger partial charge on any atom is 0.292 e. The molecule has 0 radical (unpaired) electrons. The number of nitrogens with zero attached hydrogens (tertiary/aromatic N) is 2. The number of amides is 1. The number of hydrogen-bond donors (Lipinski definition) is 1. The number of benzene rings is 1. The molecule has 0 aliphatic heterocycles. The summed E-state index contributed by atoms with van der Waals surface area (Å²) in [5.41, 5.74) is 0.0542. The van der Waals surface area contributed by atoms with Crippen LogP contribution in [0.5, 0.6) is 0 Å². The van der Waals surface area contributed by atoms with Gasteiger partial charge >= 0.3 is 0 Å². The Kier molecular flexibility index (Phi) is 3.37. The van der Waals surface area contributed by atoms with E-state index in [1.54, 1.807) is 24.3 Å².